The highest BCUT2D eigenvalue weighted by Gasteiger charge is 2.11. The summed E-state index contributed by atoms with van der Waals surface area (Å²) in [5, 5.41) is 0. The Morgan fingerprint density at radius 2 is 1.94 bits per heavy atom. The first-order chi connectivity index (χ1) is 7.44. The zero-order chi connectivity index (χ0) is 12.2. The molecule has 0 radical (unpaired) electrons. The van der Waals surface area contributed by atoms with Crippen molar-refractivity contribution < 1.29 is 17.2 Å². The van der Waals surface area contributed by atoms with Gasteiger partial charge in [-0.2, -0.15) is 0 Å². The molecule has 3 nitrogen and oxygen atoms in total. The van der Waals surface area contributed by atoms with E-state index in [9.17, 15) is 17.2 Å². The van der Waals surface area contributed by atoms with E-state index in [0.717, 1.165) is 18.6 Å². The normalized spacial score (nSPS) is 11.4. The Balaban J connectivity index is 2.76. The summed E-state index contributed by atoms with van der Waals surface area (Å²) in [6, 6.07) is 2.88. The van der Waals surface area contributed by atoms with Gasteiger partial charge in [-0.25, -0.2) is 17.2 Å². The van der Waals surface area contributed by atoms with Crippen molar-refractivity contribution in [3.8, 4) is 0 Å². The van der Waals surface area contributed by atoms with Gasteiger partial charge in [0.05, 0.1) is 11.4 Å². The highest BCUT2D eigenvalue weighted by molar-refractivity contribution is 7.92. The van der Waals surface area contributed by atoms with E-state index in [4.69, 9.17) is 0 Å². The van der Waals surface area contributed by atoms with E-state index in [1.54, 1.807) is 0 Å². The predicted molar refractivity (Wildman–Crippen MR) is 58.7 cm³/mol. The standard InChI is InChI=1S/C10H13F2NO2S/c1-2-3-6-16(14,15)13-8-4-5-9(11)10(12)7-8/h4-5,7,13H,2-3,6H2,1H3. The number of nitrogens with one attached hydrogen (secondary N) is 1. The van der Waals surface area contributed by atoms with Crippen molar-refractivity contribution in [2.75, 3.05) is 10.5 Å². The molecular weight excluding hydrogens is 236 g/mol. The molecule has 0 saturated heterocycles. The maximum atomic E-state index is 12.8. The molecule has 90 valence electrons. The van der Waals surface area contributed by atoms with Crippen LogP contribution in [0.1, 0.15) is 19.8 Å². The van der Waals surface area contributed by atoms with Gasteiger partial charge in [0.1, 0.15) is 0 Å². The van der Waals surface area contributed by atoms with Gasteiger partial charge in [-0.1, -0.05) is 13.3 Å². The van der Waals surface area contributed by atoms with E-state index >= 15 is 0 Å². The first-order valence-electron chi connectivity index (χ1n) is 4.90. The number of hydrogen-bond donors (Lipinski definition) is 1. The summed E-state index contributed by atoms with van der Waals surface area (Å²) in [6.45, 7) is 1.87. The highest BCUT2D eigenvalue weighted by Crippen LogP contribution is 2.14. The maximum absolute atomic E-state index is 12.8. The Kier molecular flexibility index (Phi) is 4.23. The first-order valence-corrected chi connectivity index (χ1v) is 6.55. The Morgan fingerprint density at radius 1 is 1.25 bits per heavy atom. The van der Waals surface area contributed by atoms with Gasteiger partial charge in [-0.05, 0) is 18.6 Å². The third-order valence-corrected chi connectivity index (χ3v) is 3.33. The van der Waals surface area contributed by atoms with Crippen LogP contribution in [0.5, 0.6) is 0 Å². The number of anilines is 1. The second kappa shape index (κ2) is 5.25. The summed E-state index contributed by atoms with van der Waals surface area (Å²) in [5.41, 5.74) is 0.0370. The molecule has 0 aromatic heterocycles. The molecule has 16 heavy (non-hydrogen) atoms. The van der Waals surface area contributed by atoms with Gasteiger partial charge >= 0.3 is 0 Å². The lowest BCUT2D eigenvalue weighted by Gasteiger charge is -2.07. The van der Waals surface area contributed by atoms with Crippen LogP contribution in [0, 0.1) is 11.6 Å². The van der Waals surface area contributed by atoms with Crippen LogP contribution in [-0.4, -0.2) is 14.2 Å². The van der Waals surface area contributed by atoms with Crippen LogP contribution >= 0.6 is 0 Å². The van der Waals surface area contributed by atoms with Crippen molar-refractivity contribution in [1.82, 2.24) is 0 Å². The van der Waals surface area contributed by atoms with Gasteiger partial charge in [-0.15, -0.1) is 0 Å². The second-order valence-corrected chi connectivity index (χ2v) is 5.25. The molecular formula is C10H13F2NO2S. The molecule has 0 aliphatic carbocycles. The van der Waals surface area contributed by atoms with Gasteiger partial charge in [-0.3, -0.25) is 4.72 Å². The third kappa shape index (κ3) is 3.77. The van der Waals surface area contributed by atoms with Crippen LogP contribution in [0.4, 0.5) is 14.5 Å². The average Bonchev–Trinajstić information content (AvgIpc) is 2.20. The van der Waals surface area contributed by atoms with Crippen LogP contribution in [0.25, 0.3) is 0 Å². The molecule has 1 N–H and O–H groups in total. The van der Waals surface area contributed by atoms with Crippen molar-refractivity contribution in [3.05, 3.63) is 29.8 Å². The van der Waals surface area contributed by atoms with E-state index in [1.807, 2.05) is 6.92 Å². The first kappa shape index (κ1) is 12.9. The molecule has 0 atom stereocenters. The van der Waals surface area contributed by atoms with E-state index in [0.29, 0.717) is 6.42 Å². The minimum Gasteiger partial charge on any atom is -0.283 e. The van der Waals surface area contributed by atoms with Crippen LogP contribution in [0.3, 0.4) is 0 Å². The molecule has 0 aliphatic rings. The van der Waals surface area contributed by atoms with Crippen molar-refractivity contribution in [1.29, 1.82) is 0 Å². The van der Waals surface area contributed by atoms with Crippen LogP contribution < -0.4 is 4.72 Å². The van der Waals surface area contributed by atoms with Gasteiger partial charge in [0.25, 0.3) is 0 Å². The molecule has 0 saturated carbocycles. The van der Waals surface area contributed by atoms with Crippen molar-refractivity contribution in [3.63, 3.8) is 0 Å². The van der Waals surface area contributed by atoms with E-state index in [2.05, 4.69) is 4.72 Å². The lowest BCUT2D eigenvalue weighted by atomic mass is 10.3. The van der Waals surface area contributed by atoms with Crippen LogP contribution in [0.2, 0.25) is 0 Å². The molecule has 0 amide bonds. The number of benzene rings is 1. The summed E-state index contributed by atoms with van der Waals surface area (Å²) in [6.07, 6.45) is 1.28. The Labute approximate surface area is 93.5 Å². The fourth-order valence-electron chi connectivity index (χ4n) is 1.12. The molecule has 0 heterocycles. The fourth-order valence-corrected chi connectivity index (χ4v) is 2.38. The van der Waals surface area contributed by atoms with Gasteiger partial charge in [0.2, 0.25) is 10.0 Å². The Morgan fingerprint density at radius 3 is 2.50 bits per heavy atom. The van der Waals surface area contributed by atoms with Crippen molar-refractivity contribution in [2.24, 2.45) is 0 Å². The SMILES string of the molecule is CCCCS(=O)(=O)Nc1ccc(F)c(F)c1. The largest absolute Gasteiger partial charge is 0.283 e. The molecule has 0 aliphatic heterocycles. The smallest absolute Gasteiger partial charge is 0.232 e. The zero-order valence-corrected chi connectivity index (χ0v) is 9.65. The molecule has 1 aromatic rings. The fraction of sp³-hybridized carbons (Fsp3) is 0.400. The molecule has 0 fully saturated rings. The summed E-state index contributed by atoms with van der Waals surface area (Å²) >= 11 is 0. The molecule has 0 spiro atoms. The number of sulfonamides is 1. The maximum Gasteiger partial charge on any atom is 0.232 e. The Bertz CT molecular complexity index is 460. The lowest BCUT2D eigenvalue weighted by Crippen LogP contribution is -2.16. The molecule has 1 rings (SSSR count). The quantitative estimate of drug-likeness (QED) is 0.871. The molecule has 1 aromatic carbocycles. The average molecular weight is 249 g/mol. The topological polar surface area (TPSA) is 46.2 Å². The van der Waals surface area contributed by atoms with Crippen LogP contribution in [-0.2, 0) is 10.0 Å². The monoisotopic (exact) mass is 249 g/mol. The molecule has 6 heteroatoms. The minimum absolute atomic E-state index is 0.0253. The van der Waals surface area contributed by atoms with Crippen LogP contribution in [0.15, 0.2) is 18.2 Å². The zero-order valence-electron chi connectivity index (χ0n) is 8.83. The molecule has 0 unspecified atom stereocenters. The number of unbranched alkanes of at least 4 members (excludes halogenated alkanes) is 1. The van der Waals surface area contributed by atoms with E-state index in [1.165, 1.54) is 6.07 Å². The summed E-state index contributed by atoms with van der Waals surface area (Å²) in [5.74, 6) is -2.10. The Hall–Kier alpha value is -1.17. The second-order valence-electron chi connectivity index (χ2n) is 3.40. The van der Waals surface area contributed by atoms with Crippen molar-refractivity contribution in [2.45, 2.75) is 19.8 Å². The van der Waals surface area contributed by atoms with Crippen molar-refractivity contribution >= 4 is 15.7 Å². The predicted octanol–water partition coefficient (Wildman–Crippen LogP) is 2.51. The lowest BCUT2D eigenvalue weighted by molar-refractivity contribution is 0.509. The summed E-state index contributed by atoms with van der Waals surface area (Å²) < 4.78 is 50.4. The summed E-state index contributed by atoms with van der Waals surface area (Å²) in [4.78, 5) is 0. The number of halogens is 2. The van der Waals surface area contributed by atoms with E-state index < -0.39 is 21.7 Å². The third-order valence-electron chi connectivity index (χ3n) is 1.96. The van der Waals surface area contributed by atoms with E-state index in [-0.39, 0.29) is 11.4 Å². The van der Waals surface area contributed by atoms with Gasteiger partial charge in [0.15, 0.2) is 11.6 Å². The number of rotatable bonds is 5. The number of hydrogen-bond acceptors (Lipinski definition) is 2. The summed E-state index contributed by atoms with van der Waals surface area (Å²) in [7, 11) is -3.47. The highest BCUT2D eigenvalue weighted by atomic mass is 32.2. The minimum atomic E-state index is -3.47. The molecule has 0 bridgehead atoms. The van der Waals surface area contributed by atoms with Gasteiger partial charge in [0, 0.05) is 6.07 Å². The van der Waals surface area contributed by atoms with Gasteiger partial charge < -0.3 is 0 Å².